The van der Waals surface area contributed by atoms with Gasteiger partial charge >= 0.3 is 0 Å². The Bertz CT molecular complexity index is 650. The predicted molar refractivity (Wildman–Crippen MR) is 147 cm³/mol. The highest BCUT2D eigenvalue weighted by molar-refractivity contribution is 7.90. The summed E-state index contributed by atoms with van der Waals surface area (Å²) in [5.74, 6) is 0. The Morgan fingerprint density at radius 2 is 0.367 bits per heavy atom. The van der Waals surface area contributed by atoms with E-state index < -0.39 is 21.6 Å². The summed E-state index contributed by atoms with van der Waals surface area (Å²) in [6, 6.07) is 0. The van der Waals surface area contributed by atoms with Crippen molar-refractivity contribution in [1.82, 2.24) is 0 Å². The van der Waals surface area contributed by atoms with E-state index in [1.165, 1.54) is 0 Å². The van der Waals surface area contributed by atoms with Crippen molar-refractivity contribution in [1.29, 1.82) is 0 Å². The molecule has 0 saturated heterocycles. The van der Waals surface area contributed by atoms with Crippen molar-refractivity contribution < 1.29 is 0 Å². The molecule has 1 heterocycles. The molecule has 0 unspecified atom stereocenters. The lowest BCUT2D eigenvalue weighted by Gasteiger charge is -2.58. The molecule has 3 nitrogen and oxygen atoms in total. The minimum atomic E-state index is -2.13. The fourth-order valence-corrected chi connectivity index (χ4v) is 30.1. The fourth-order valence-electron chi connectivity index (χ4n) is 5.24. The summed E-state index contributed by atoms with van der Waals surface area (Å²) in [5, 5.41) is 0.0279. The van der Waals surface area contributed by atoms with Crippen molar-refractivity contribution in [2.75, 3.05) is 0 Å². The average Bonchev–Trinajstić information content (AvgIpc) is 2.39. The molecular formula is C24H54N3P3. The van der Waals surface area contributed by atoms with Crippen LogP contribution in [0.15, 0.2) is 13.5 Å². The van der Waals surface area contributed by atoms with Crippen LogP contribution in [0, 0.1) is 0 Å². The van der Waals surface area contributed by atoms with Gasteiger partial charge in [-0.05, 0) is 0 Å². The second-order valence-electron chi connectivity index (χ2n) is 15.1. The molecule has 0 spiro atoms. The topological polar surface area (TPSA) is 37.1 Å². The van der Waals surface area contributed by atoms with Gasteiger partial charge in [-0.15, -0.1) is 0 Å². The molecule has 180 valence electrons. The quantitative estimate of drug-likeness (QED) is 0.311. The van der Waals surface area contributed by atoms with E-state index in [9.17, 15) is 0 Å². The van der Waals surface area contributed by atoms with Crippen molar-refractivity contribution in [2.45, 2.75) is 156 Å². The van der Waals surface area contributed by atoms with Crippen LogP contribution in [0.2, 0.25) is 0 Å². The molecule has 0 fully saturated rings. The molecule has 1 aliphatic rings. The second kappa shape index (κ2) is 7.34. The molecule has 0 aromatic carbocycles. The molecule has 30 heavy (non-hydrogen) atoms. The summed E-state index contributed by atoms with van der Waals surface area (Å²) in [7, 11) is -6.40. The monoisotopic (exact) mass is 477 g/mol. The fraction of sp³-hybridized carbons (Fsp3) is 1.00. The molecule has 0 aromatic heterocycles. The molecule has 0 aliphatic carbocycles. The molecule has 0 aromatic rings. The van der Waals surface area contributed by atoms with E-state index in [-0.39, 0.29) is 30.9 Å². The summed E-state index contributed by atoms with van der Waals surface area (Å²) in [6.07, 6.45) is 0. The Morgan fingerprint density at radius 1 is 0.267 bits per heavy atom. The van der Waals surface area contributed by atoms with E-state index in [2.05, 4.69) is 125 Å². The van der Waals surface area contributed by atoms with Crippen molar-refractivity contribution in [2.24, 2.45) is 13.5 Å². The van der Waals surface area contributed by atoms with Gasteiger partial charge in [-0.2, -0.15) is 0 Å². The lowest BCUT2D eigenvalue weighted by atomic mass is 10.2. The van der Waals surface area contributed by atoms with Crippen molar-refractivity contribution in [3.8, 4) is 0 Å². The molecular weight excluding hydrogens is 423 g/mol. The Kier molecular flexibility index (Phi) is 7.03. The lowest BCUT2D eigenvalue weighted by molar-refractivity contribution is 0.667. The first-order chi connectivity index (χ1) is 12.6. The number of hydrogen-bond acceptors (Lipinski definition) is 3. The average molecular weight is 478 g/mol. The van der Waals surface area contributed by atoms with Gasteiger partial charge in [0.1, 0.15) is 0 Å². The lowest BCUT2D eigenvalue weighted by Crippen LogP contribution is -2.36. The van der Waals surface area contributed by atoms with Crippen LogP contribution in [0.5, 0.6) is 0 Å². The minimum absolute atomic E-state index is 0.00465. The van der Waals surface area contributed by atoms with Crippen LogP contribution in [0.1, 0.15) is 125 Å². The first-order valence-corrected chi connectivity index (χ1v) is 16.6. The largest absolute Gasteiger partial charge is 0.238 e. The van der Waals surface area contributed by atoms with Crippen LogP contribution in [0.4, 0.5) is 0 Å². The summed E-state index contributed by atoms with van der Waals surface area (Å²) >= 11 is 0. The zero-order valence-corrected chi connectivity index (χ0v) is 26.4. The summed E-state index contributed by atoms with van der Waals surface area (Å²) in [5.41, 5.74) is 0. The van der Waals surface area contributed by atoms with Gasteiger partial charge in [0.2, 0.25) is 0 Å². The number of nitrogens with zero attached hydrogens (tertiary/aromatic N) is 3. The van der Waals surface area contributed by atoms with E-state index in [1.807, 2.05) is 0 Å². The van der Waals surface area contributed by atoms with E-state index in [1.54, 1.807) is 0 Å². The zero-order valence-electron chi connectivity index (χ0n) is 23.7. The first kappa shape index (κ1) is 28.7. The van der Waals surface area contributed by atoms with Gasteiger partial charge < -0.3 is 0 Å². The number of hydrogen-bond donors (Lipinski definition) is 0. The highest BCUT2D eigenvalue weighted by Gasteiger charge is 2.58. The molecule has 0 bridgehead atoms. The molecule has 1 aliphatic heterocycles. The normalized spacial score (nSPS) is 22.6. The van der Waals surface area contributed by atoms with Gasteiger partial charge in [-0.3, -0.25) is 0 Å². The van der Waals surface area contributed by atoms with Crippen LogP contribution >= 0.6 is 21.6 Å². The predicted octanol–water partition coefficient (Wildman–Crippen LogP) is 11.1. The highest BCUT2D eigenvalue weighted by atomic mass is 31.3. The Labute approximate surface area is 190 Å². The molecule has 0 amide bonds. The van der Waals surface area contributed by atoms with E-state index >= 15 is 0 Å². The van der Waals surface area contributed by atoms with Crippen molar-refractivity contribution in [3.63, 3.8) is 0 Å². The van der Waals surface area contributed by atoms with Gasteiger partial charge in [0.25, 0.3) is 0 Å². The van der Waals surface area contributed by atoms with Gasteiger partial charge in [-0.25, -0.2) is 13.5 Å². The molecule has 0 atom stereocenters. The molecule has 0 saturated carbocycles. The summed E-state index contributed by atoms with van der Waals surface area (Å²) < 4.78 is 18.2. The maximum absolute atomic E-state index is 6.07. The minimum Gasteiger partial charge on any atom is -0.238 e. The zero-order chi connectivity index (χ0) is 24.6. The van der Waals surface area contributed by atoms with Crippen LogP contribution in [0.25, 0.3) is 0 Å². The van der Waals surface area contributed by atoms with Gasteiger partial charge in [0.05, 0.1) is 21.6 Å². The highest BCUT2D eigenvalue weighted by Crippen LogP contribution is 2.93. The Hall–Kier alpha value is 0.690. The van der Waals surface area contributed by atoms with Crippen molar-refractivity contribution in [3.05, 3.63) is 0 Å². The number of rotatable bonds is 0. The summed E-state index contributed by atoms with van der Waals surface area (Å²) in [4.78, 5) is 0. The maximum atomic E-state index is 6.07. The molecule has 0 radical (unpaired) electrons. The second-order valence-corrected chi connectivity index (χ2v) is 28.9. The SMILES string of the molecule is CC(C)(C)P1(C(C)(C)C)=NP(C(C)(C)C)(C(C)(C)C)=NP(C(C)(C)C)(C(C)(C)C)=N1. The van der Waals surface area contributed by atoms with Crippen LogP contribution in [0.3, 0.4) is 0 Å². The van der Waals surface area contributed by atoms with Gasteiger partial charge in [-0.1, -0.05) is 125 Å². The van der Waals surface area contributed by atoms with Gasteiger partial charge in [0.15, 0.2) is 0 Å². The van der Waals surface area contributed by atoms with E-state index in [4.69, 9.17) is 13.5 Å². The molecule has 6 heteroatoms. The Morgan fingerprint density at radius 3 is 0.433 bits per heavy atom. The van der Waals surface area contributed by atoms with Crippen LogP contribution < -0.4 is 0 Å². The smallest absolute Gasteiger partial charge is 0.0909 e. The summed E-state index contributed by atoms with van der Waals surface area (Å²) in [6.45, 7) is 43.1. The standard InChI is InChI=1S/C24H54N3P3/c1-19(2,3)28(20(4,5)6)25-29(21(7,8)9,22(10,11)12)27-30(26-28,23(13,14)15)24(16,17)18/h1-18H3. The third-order valence-corrected chi connectivity index (χ3v) is 23.8. The van der Waals surface area contributed by atoms with Crippen LogP contribution in [-0.4, -0.2) is 30.9 Å². The van der Waals surface area contributed by atoms with E-state index in [0.717, 1.165) is 0 Å². The Balaban J connectivity index is 4.81. The molecule has 0 N–H and O–H groups in total. The van der Waals surface area contributed by atoms with E-state index in [0.29, 0.717) is 0 Å². The molecule has 1 rings (SSSR count). The first-order valence-electron chi connectivity index (χ1n) is 11.5. The third-order valence-electron chi connectivity index (χ3n) is 6.39. The van der Waals surface area contributed by atoms with Gasteiger partial charge in [0, 0.05) is 30.9 Å². The van der Waals surface area contributed by atoms with Crippen LogP contribution in [-0.2, 0) is 0 Å². The maximum Gasteiger partial charge on any atom is 0.0909 e. The third kappa shape index (κ3) is 4.16. The van der Waals surface area contributed by atoms with Crippen molar-refractivity contribution >= 4 is 21.6 Å².